The highest BCUT2D eigenvalue weighted by atomic mass is 16.3. The molecule has 0 aromatic carbocycles. The maximum atomic E-state index is 8.77. The average Bonchev–Trinajstić information content (AvgIpc) is 2.31. The van der Waals surface area contributed by atoms with Crippen molar-refractivity contribution in [2.45, 2.75) is 27.4 Å². The maximum Gasteiger partial charge on any atom is 0.128 e. The normalized spacial score (nSPS) is 8.93. The predicted octanol–water partition coefficient (Wildman–Crippen LogP) is 2.06. The Bertz CT molecular complexity index is 234. The zero-order valence-corrected chi connectivity index (χ0v) is 9.49. The molecular weight excluding hydrogens is 176 g/mol. The average molecular weight is 196 g/mol. The van der Waals surface area contributed by atoms with E-state index in [9.17, 15) is 0 Å². The summed E-state index contributed by atoms with van der Waals surface area (Å²) in [5.74, 6) is 0.940. The quantitative estimate of drug-likeness (QED) is 0.804. The minimum atomic E-state index is 0.0587. The molecule has 0 atom stereocenters. The maximum absolute atomic E-state index is 8.77. The van der Waals surface area contributed by atoms with Crippen molar-refractivity contribution in [2.75, 3.05) is 18.5 Å². The van der Waals surface area contributed by atoms with Crippen LogP contribution >= 0.6 is 0 Å². The van der Waals surface area contributed by atoms with Crippen LogP contribution in [0.2, 0.25) is 0 Å². The number of hydrogen-bond acceptors (Lipinski definition) is 3. The lowest BCUT2D eigenvalue weighted by atomic mass is 10.3. The number of nitrogens with zero attached hydrogens (tertiary/aromatic N) is 2. The summed E-state index contributed by atoms with van der Waals surface area (Å²) < 4.78 is 0. The van der Waals surface area contributed by atoms with E-state index in [0.29, 0.717) is 0 Å². The molecule has 0 radical (unpaired) electrons. The van der Waals surface area contributed by atoms with Crippen LogP contribution in [0.3, 0.4) is 0 Å². The van der Waals surface area contributed by atoms with Gasteiger partial charge in [-0.2, -0.15) is 0 Å². The third kappa shape index (κ3) is 3.75. The van der Waals surface area contributed by atoms with Crippen molar-refractivity contribution in [3.8, 4) is 0 Å². The topological polar surface area (TPSA) is 36.4 Å². The number of hydrogen-bond donors (Lipinski definition) is 1. The van der Waals surface area contributed by atoms with Crippen molar-refractivity contribution in [3.63, 3.8) is 0 Å². The van der Waals surface area contributed by atoms with Crippen LogP contribution in [-0.2, 0) is 6.61 Å². The van der Waals surface area contributed by atoms with Gasteiger partial charge >= 0.3 is 0 Å². The first-order chi connectivity index (χ1) is 6.77. The third-order valence-corrected chi connectivity index (χ3v) is 1.86. The lowest BCUT2D eigenvalue weighted by Crippen LogP contribution is -2.16. The number of aliphatic hydroxyl groups is 1. The zero-order valence-electron chi connectivity index (χ0n) is 9.49. The molecule has 3 nitrogen and oxygen atoms in total. The number of aromatic nitrogens is 1. The van der Waals surface area contributed by atoms with Crippen LogP contribution in [0.4, 0.5) is 5.82 Å². The van der Waals surface area contributed by atoms with Gasteiger partial charge < -0.3 is 10.0 Å². The summed E-state index contributed by atoms with van der Waals surface area (Å²) in [6, 6.07) is 3.80. The van der Waals surface area contributed by atoms with Gasteiger partial charge in [0.2, 0.25) is 0 Å². The van der Waals surface area contributed by atoms with Crippen molar-refractivity contribution in [2.24, 2.45) is 0 Å². The van der Waals surface area contributed by atoms with E-state index in [-0.39, 0.29) is 6.61 Å². The monoisotopic (exact) mass is 196 g/mol. The van der Waals surface area contributed by atoms with Crippen LogP contribution in [0.5, 0.6) is 0 Å². The van der Waals surface area contributed by atoms with E-state index in [2.05, 4.69) is 11.9 Å². The molecule has 14 heavy (non-hydrogen) atoms. The fourth-order valence-electron chi connectivity index (χ4n) is 0.898. The number of rotatable bonds is 3. The molecule has 0 saturated carbocycles. The third-order valence-electron chi connectivity index (χ3n) is 1.86. The van der Waals surface area contributed by atoms with Gasteiger partial charge in [-0.1, -0.05) is 19.9 Å². The fraction of sp³-hybridized carbons (Fsp3) is 0.545. The van der Waals surface area contributed by atoms with Crippen molar-refractivity contribution < 1.29 is 5.11 Å². The number of anilines is 1. The van der Waals surface area contributed by atoms with Gasteiger partial charge in [0.1, 0.15) is 5.82 Å². The Hall–Kier alpha value is -1.09. The summed E-state index contributed by atoms with van der Waals surface area (Å²) in [4.78, 5) is 6.23. The van der Waals surface area contributed by atoms with Gasteiger partial charge in [-0.3, -0.25) is 0 Å². The molecular formula is C11H20N2O. The summed E-state index contributed by atoms with van der Waals surface area (Å²) in [7, 11) is 1.99. The smallest absolute Gasteiger partial charge is 0.128 e. The standard InChI is InChI=1S/C9H14N2O.C2H6/c1-3-11(2)9-5-4-8(7-12)6-10-9;1-2/h4-6,12H,3,7H2,1-2H3;1-2H3. The minimum Gasteiger partial charge on any atom is -0.392 e. The molecule has 80 valence electrons. The Balaban J connectivity index is 0.000000791. The second kappa shape index (κ2) is 7.33. The highest BCUT2D eigenvalue weighted by molar-refractivity contribution is 5.37. The van der Waals surface area contributed by atoms with E-state index < -0.39 is 0 Å². The zero-order chi connectivity index (χ0) is 11.0. The molecule has 1 heterocycles. The van der Waals surface area contributed by atoms with Crippen molar-refractivity contribution in [3.05, 3.63) is 23.9 Å². The Morgan fingerprint density at radius 2 is 2.00 bits per heavy atom. The first-order valence-electron chi connectivity index (χ1n) is 5.05. The first kappa shape index (κ1) is 12.9. The van der Waals surface area contributed by atoms with Crippen LogP contribution in [0.25, 0.3) is 0 Å². The molecule has 0 aliphatic heterocycles. The molecule has 1 aromatic heterocycles. The van der Waals surface area contributed by atoms with Gasteiger partial charge in [0.15, 0.2) is 0 Å². The molecule has 1 rings (SSSR count). The highest BCUT2D eigenvalue weighted by Gasteiger charge is 1.98. The van der Waals surface area contributed by atoms with E-state index in [1.54, 1.807) is 6.20 Å². The van der Waals surface area contributed by atoms with Gasteiger partial charge in [0.25, 0.3) is 0 Å². The second-order valence-corrected chi connectivity index (χ2v) is 2.70. The molecule has 1 N–H and O–H groups in total. The minimum absolute atomic E-state index is 0.0587. The summed E-state index contributed by atoms with van der Waals surface area (Å²) in [5, 5.41) is 8.77. The SMILES string of the molecule is CC.CCN(C)c1ccc(CO)cn1. The van der Waals surface area contributed by atoms with E-state index in [4.69, 9.17) is 5.11 Å². The summed E-state index contributed by atoms with van der Waals surface area (Å²) >= 11 is 0. The summed E-state index contributed by atoms with van der Waals surface area (Å²) in [6.07, 6.45) is 1.70. The first-order valence-corrected chi connectivity index (χ1v) is 5.05. The Labute approximate surface area is 86.4 Å². The van der Waals surface area contributed by atoms with Crippen molar-refractivity contribution >= 4 is 5.82 Å². The second-order valence-electron chi connectivity index (χ2n) is 2.70. The van der Waals surface area contributed by atoms with Gasteiger partial charge in [0, 0.05) is 19.8 Å². The van der Waals surface area contributed by atoms with E-state index >= 15 is 0 Å². The van der Waals surface area contributed by atoms with E-state index in [0.717, 1.165) is 17.9 Å². The van der Waals surface area contributed by atoms with Gasteiger partial charge in [-0.05, 0) is 18.6 Å². The molecule has 3 heteroatoms. The predicted molar refractivity (Wildman–Crippen MR) is 60.5 cm³/mol. The Morgan fingerprint density at radius 1 is 1.36 bits per heavy atom. The molecule has 0 aliphatic rings. The molecule has 0 fully saturated rings. The fourth-order valence-corrected chi connectivity index (χ4v) is 0.898. The highest BCUT2D eigenvalue weighted by Crippen LogP contribution is 2.08. The summed E-state index contributed by atoms with van der Waals surface area (Å²) in [5.41, 5.74) is 0.850. The van der Waals surface area contributed by atoms with Crippen molar-refractivity contribution in [1.82, 2.24) is 4.98 Å². The van der Waals surface area contributed by atoms with Crippen LogP contribution in [0.15, 0.2) is 18.3 Å². The number of pyridine rings is 1. The molecule has 0 saturated heterocycles. The van der Waals surface area contributed by atoms with E-state index in [1.165, 1.54) is 0 Å². The molecule has 1 aromatic rings. The van der Waals surface area contributed by atoms with Crippen molar-refractivity contribution in [1.29, 1.82) is 0 Å². The molecule has 0 bridgehead atoms. The lowest BCUT2D eigenvalue weighted by Gasteiger charge is -2.14. The lowest BCUT2D eigenvalue weighted by molar-refractivity contribution is 0.281. The van der Waals surface area contributed by atoms with Gasteiger partial charge in [-0.25, -0.2) is 4.98 Å². The van der Waals surface area contributed by atoms with Gasteiger partial charge in [0.05, 0.1) is 6.61 Å². The van der Waals surface area contributed by atoms with Crippen LogP contribution in [0, 0.1) is 0 Å². The largest absolute Gasteiger partial charge is 0.392 e. The molecule has 0 spiro atoms. The Kier molecular flexibility index (Phi) is 6.76. The van der Waals surface area contributed by atoms with Gasteiger partial charge in [-0.15, -0.1) is 0 Å². The molecule has 0 amide bonds. The Morgan fingerprint density at radius 3 is 2.36 bits per heavy atom. The molecule has 0 aliphatic carbocycles. The van der Waals surface area contributed by atoms with Crippen LogP contribution < -0.4 is 4.90 Å². The molecule has 0 unspecified atom stereocenters. The summed E-state index contributed by atoms with van der Waals surface area (Å²) in [6.45, 7) is 7.07. The van der Waals surface area contributed by atoms with Crippen LogP contribution in [-0.4, -0.2) is 23.7 Å². The van der Waals surface area contributed by atoms with E-state index in [1.807, 2.05) is 37.9 Å². The van der Waals surface area contributed by atoms with Crippen LogP contribution in [0.1, 0.15) is 26.3 Å². The number of aliphatic hydroxyl groups excluding tert-OH is 1.